The summed E-state index contributed by atoms with van der Waals surface area (Å²) >= 11 is 1.34. The van der Waals surface area contributed by atoms with Gasteiger partial charge in [0.25, 0.3) is 0 Å². The number of nitrogens with zero attached hydrogens (tertiary/aromatic N) is 5. The summed E-state index contributed by atoms with van der Waals surface area (Å²) in [5.41, 5.74) is 0.734. The highest BCUT2D eigenvalue weighted by Crippen LogP contribution is 2.13. The topological polar surface area (TPSA) is 68.4 Å². The second-order valence-corrected chi connectivity index (χ2v) is 6.72. The van der Waals surface area contributed by atoms with Crippen LogP contribution in [0.4, 0.5) is 4.39 Å². The largest absolute Gasteiger partial charge is 0.331 e. The molecular formula is C15H20FN6OS+. The lowest BCUT2D eigenvalue weighted by atomic mass is 10.2. The van der Waals surface area contributed by atoms with Crippen LogP contribution in [-0.4, -0.2) is 62.9 Å². The van der Waals surface area contributed by atoms with E-state index in [1.165, 1.54) is 22.7 Å². The summed E-state index contributed by atoms with van der Waals surface area (Å²) in [4.78, 5) is 15.4. The van der Waals surface area contributed by atoms with Crippen LogP contribution in [0.5, 0.6) is 0 Å². The summed E-state index contributed by atoms with van der Waals surface area (Å²) in [6.07, 6.45) is 0. The van der Waals surface area contributed by atoms with E-state index in [-0.39, 0.29) is 11.7 Å². The van der Waals surface area contributed by atoms with Crippen molar-refractivity contribution in [1.82, 2.24) is 25.1 Å². The maximum absolute atomic E-state index is 13.7. The van der Waals surface area contributed by atoms with Gasteiger partial charge in [-0.15, -0.1) is 5.10 Å². The molecule has 1 aromatic heterocycles. The molecule has 9 heteroatoms. The van der Waals surface area contributed by atoms with Gasteiger partial charge in [-0.1, -0.05) is 30.0 Å². The molecule has 0 aliphatic carbocycles. The molecule has 0 unspecified atom stereocenters. The number of nitrogens with one attached hydrogen (secondary N) is 1. The van der Waals surface area contributed by atoms with Crippen LogP contribution < -0.4 is 4.90 Å². The first-order valence-corrected chi connectivity index (χ1v) is 8.82. The molecule has 2 heterocycles. The van der Waals surface area contributed by atoms with Crippen molar-refractivity contribution in [2.75, 3.05) is 31.9 Å². The number of amides is 1. The monoisotopic (exact) mass is 351 g/mol. The fraction of sp³-hybridized carbons (Fsp3) is 0.467. The maximum Gasteiger partial charge on any atom is 0.233 e. The average molecular weight is 351 g/mol. The van der Waals surface area contributed by atoms with E-state index in [1.54, 1.807) is 17.8 Å². The molecule has 1 aliphatic rings. The van der Waals surface area contributed by atoms with Gasteiger partial charge in [-0.2, -0.15) is 0 Å². The van der Waals surface area contributed by atoms with Gasteiger partial charge < -0.3 is 9.80 Å². The Bertz CT molecular complexity index is 701. The third-order valence-corrected chi connectivity index (χ3v) is 5.12. The molecule has 7 nitrogen and oxygen atoms in total. The van der Waals surface area contributed by atoms with E-state index in [9.17, 15) is 9.18 Å². The Morgan fingerprint density at radius 2 is 2.08 bits per heavy atom. The van der Waals surface area contributed by atoms with E-state index < -0.39 is 0 Å². The summed E-state index contributed by atoms with van der Waals surface area (Å²) in [6, 6.07) is 6.88. The first-order chi connectivity index (χ1) is 11.6. The minimum Gasteiger partial charge on any atom is -0.331 e. The molecule has 0 spiro atoms. The van der Waals surface area contributed by atoms with E-state index in [1.807, 2.05) is 17.0 Å². The van der Waals surface area contributed by atoms with Crippen LogP contribution in [-0.2, 0) is 18.4 Å². The minimum absolute atomic E-state index is 0.0907. The highest BCUT2D eigenvalue weighted by molar-refractivity contribution is 7.99. The van der Waals surface area contributed by atoms with Crippen LogP contribution >= 0.6 is 11.8 Å². The molecule has 0 bridgehead atoms. The summed E-state index contributed by atoms with van der Waals surface area (Å²) in [7, 11) is 1.75. The number of piperazine rings is 1. The van der Waals surface area contributed by atoms with Gasteiger partial charge in [0.15, 0.2) is 0 Å². The molecular weight excluding hydrogens is 331 g/mol. The highest BCUT2D eigenvalue weighted by atomic mass is 32.2. The molecule has 1 aliphatic heterocycles. The number of thioether (sulfide) groups is 1. The first kappa shape index (κ1) is 16.8. The summed E-state index contributed by atoms with van der Waals surface area (Å²) in [5.74, 6) is 0.266. The lowest BCUT2D eigenvalue weighted by Crippen LogP contribution is -3.13. The van der Waals surface area contributed by atoms with Crippen LogP contribution in [0.3, 0.4) is 0 Å². The summed E-state index contributed by atoms with van der Waals surface area (Å²) < 4.78 is 15.3. The molecule has 0 radical (unpaired) electrons. The quantitative estimate of drug-likeness (QED) is 0.727. The van der Waals surface area contributed by atoms with Gasteiger partial charge in [-0.25, -0.2) is 9.07 Å². The number of hydrogen-bond donors (Lipinski definition) is 1. The Morgan fingerprint density at radius 1 is 1.33 bits per heavy atom. The zero-order valence-corrected chi connectivity index (χ0v) is 14.3. The highest BCUT2D eigenvalue weighted by Gasteiger charge is 2.24. The number of quaternary nitrogens is 1. The minimum atomic E-state index is -0.155. The van der Waals surface area contributed by atoms with Crippen molar-refractivity contribution in [3.05, 3.63) is 35.6 Å². The Balaban J connectivity index is 1.45. The number of halogens is 1. The van der Waals surface area contributed by atoms with Gasteiger partial charge in [-0.05, 0) is 16.5 Å². The first-order valence-electron chi connectivity index (χ1n) is 7.83. The van der Waals surface area contributed by atoms with Crippen molar-refractivity contribution in [2.24, 2.45) is 7.05 Å². The van der Waals surface area contributed by atoms with Crippen LogP contribution in [0, 0.1) is 5.82 Å². The number of hydrogen-bond acceptors (Lipinski definition) is 5. The molecule has 1 amide bonds. The van der Waals surface area contributed by atoms with Crippen molar-refractivity contribution in [2.45, 2.75) is 11.7 Å². The summed E-state index contributed by atoms with van der Waals surface area (Å²) in [5, 5.41) is 11.8. The average Bonchev–Trinajstić information content (AvgIpc) is 3.00. The van der Waals surface area contributed by atoms with Crippen molar-refractivity contribution in [3.8, 4) is 0 Å². The van der Waals surface area contributed by atoms with Gasteiger partial charge in [0.1, 0.15) is 12.4 Å². The third kappa shape index (κ3) is 4.09. The van der Waals surface area contributed by atoms with E-state index in [4.69, 9.17) is 0 Å². The maximum atomic E-state index is 13.7. The van der Waals surface area contributed by atoms with Gasteiger partial charge in [0.2, 0.25) is 11.1 Å². The van der Waals surface area contributed by atoms with Crippen LogP contribution in [0.2, 0.25) is 0 Å². The zero-order chi connectivity index (χ0) is 16.9. The Kier molecular flexibility index (Phi) is 5.41. The molecule has 2 aromatic rings. The molecule has 1 N–H and O–H groups in total. The molecule has 0 atom stereocenters. The van der Waals surface area contributed by atoms with Crippen molar-refractivity contribution < 1.29 is 14.1 Å². The van der Waals surface area contributed by atoms with Gasteiger partial charge in [0, 0.05) is 12.6 Å². The van der Waals surface area contributed by atoms with Crippen molar-refractivity contribution in [1.29, 1.82) is 0 Å². The fourth-order valence-electron chi connectivity index (χ4n) is 2.72. The molecule has 0 saturated carbocycles. The van der Waals surface area contributed by atoms with Crippen molar-refractivity contribution >= 4 is 17.7 Å². The lowest BCUT2D eigenvalue weighted by molar-refractivity contribution is -0.917. The number of benzene rings is 1. The van der Waals surface area contributed by atoms with E-state index in [0.29, 0.717) is 30.5 Å². The third-order valence-electron chi connectivity index (χ3n) is 4.13. The Hall–Kier alpha value is -2.00. The van der Waals surface area contributed by atoms with Crippen molar-refractivity contribution in [3.63, 3.8) is 0 Å². The number of rotatable bonds is 5. The van der Waals surface area contributed by atoms with Gasteiger partial charge in [-0.3, -0.25) is 4.79 Å². The summed E-state index contributed by atoms with van der Waals surface area (Å²) in [6.45, 7) is 3.71. The molecule has 24 heavy (non-hydrogen) atoms. The Morgan fingerprint density at radius 3 is 2.75 bits per heavy atom. The van der Waals surface area contributed by atoms with Crippen LogP contribution in [0.25, 0.3) is 0 Å². The molecule has 1 fully saturated rings. The molecule has 1 aromatic carbocycles. The normalized spacial score (nSPS) is 15.7. The van der Waals surface area contributed by atoms with E-state index in [0.717, 1.165) is 18.7 Å². The zero-order valence-electron chi connectivity index (χ0n) is 13.5. The molecule has 1 saturated heterocycles. The predicted molar refractivity (Wildman–Crippen MR) is 86.9 cm³/mol. The second kappa shape index (κ2) is 7.71. The molecule has 3 rings (SSSR count). The van der Waals surface area contributed by atoms with E-state index >= 15 is 0 Å². The smallest absolute Gasteiger partial charge is 0.233 e. The standard InChI is InChI=1S/C15H19FN6OS/c1-20-15(17-18-19-20)24-11-14(23)22-8-6-21(7-9-22)10-12-4-2-3-5-13(12)16/h2-5H,6-11H2,1H3/p+1. The van der Waals surface area contributed by atoms with E-state index in [2.05, 4.69) is 15.5 Å². The van der Waals surface area contributed by atoms with Crippen LogP contribution in [0.15, 0.2) is 29.4 Å². The number of aromatic nitrogens is 4. The Labute approximate surface area is 143 Å². The van der Waals surface area contributed by atoms with Gasteiger partial charge >= 0.3 is 0 Å². The number of carbonyl (C=O) groups is 1. The number of tetrazole rings is 1. The number of carbonyl (C=O) groups excluding carboxylic acids is 1. The second-order valence-electron chi connectivity index (χ2n) is 5.77. The SMILES string of the molecule is Cn1nnnc1SCC(=O)N1CC[NH+](Cc2ccccc2F)CC1. The predicted octanol–water partition coefficient (Wildman–Crippen LogP) is -0.631. The van der Waals surface area contributed by atoms with Gasteiger partial charge in [0.05, 0.1) is 31.9 Å². The number of aryl methyl sites for hydroxylation is 1. The lowest BCUT2D eigenvalue weighted by Gasteiger charge is -2.32. The fourth-order valence-corrected chi connectivity index (χ4v) is 3.47. The molecule has 128 valence electrons. The van der Waals surface area contributed by atoms with Crippen LogP contribution in [0.1, 0.15) is 5.56 Å².